The molecule has 0 aliphatic carbocycles. The van der Waals surface area contributed by atoms with Gasteiger partial charge in [-0.05, 0) is 35.7 Å². The van der Waals surface area contributed by atoms with Crippen LogP contribution in [0.15, 0.2) is 36.4 Å². The zero-order chi connectivity index (χ0) is 16.6. The third-order valence-corrected chi connectivity index (χ3v) is 4.45. The fourth-order valence-corrected chi connectivity index (χ4v) is 3.24. The smallest absolute Gasteiger partial charge is 0.239 e. The molecule has 3 nitrogen and oxygen atoms in total. The number of anilines is 1. The van der Waals surface area contributed by atoms with Crippen molar-refractivity contribution in [3.8, 4) is 5.75 Å². The number of amides is 1. The Labute approximate surface area is 133 Å². The average molecular weight is 317 g/mol. The number of carbonyl (C=O) groups excluding carboxylic acids is 1. The number of unbranched alkanes of at least 4 members (excludes halogenated alkanes) is 1. The molecule has 5 heteroatoms. The zero-order valence-corrected chi connectivity index (χ0v) is 12.7. The average Bonchev–Trinajstić information content (AvgIpc) is 2.83. The van der Waals surface area contributed by atoms with Gasteiger partial charge in [-0.15, -0.1) is 0 Å². The lowest BCUT2D eigenvalue weighted by Gasteiger charge is -2.28. The van der Waals surface area contributed by atoms with Gasteiger partial charge in [-0.1, -0.05) is 38.0 Å². The molecular weight excluding hydrogens is 300 g/mol. The summed E-state index contributed by atoms with van der Waals surface area (Å²) in [7, 11) is 0. The summed E-state index contributed by atoms with van der Waals surface area (Å²) in [6.45, 7) is 2.00. The van der Waals surface area contributed by atoms with Crippen LogP contribution in [0.1, 0.15) is 37.3 Å². The molecule has 0 radical (unpaired) electrons. The van der Waals surface area contributed by atoms with E-state index in [9.17, 15) is 18.7 Å². The highest BCUT2D eigenvalue weighted by atomic mass is 19.2. The standard InChI is InChI=1S/C18H17F2NO2/c1-2-3-10-18(11-4-6-12(22)7-5-11)13-8-9-14(19)15(20)16(13)21-17(18)23/h4-9,22H,2-3,10H2,1H3,(H,21,23). The molecule has 1 unspecified atom stereocenters. The SMILES string of the molecule is CCCCC1(c2ccc(O)cc2)C(=O)Nc2c1ccc(F)c2F. The van der Waals surface area contributed by atoms with E-state index in [1.165, 1.54) is 18.2 Å². The van der Waals surface area contributed by atoms with E-state index in [-0.39, 0.29) is 17.3 Å². The Balaban J connectivity index is 2.23. The molecule has 0 fully saturated rings. The minimum absolute atomic E-state index is 0.0841. The highest BCUT2D eigenvalue weighted by molar-refractivity contribution is 6.08. The molecule has 23 heavy (non-hydrogen) atoms. The van der Waals surface area contributed by atoms with E-state index in [1.807, 2.05) is 6.92 Å². The van der Waals surface area contributed by atoms with Crippen molar-refractivity contribution in [3.63, 3.8) is 0 Å². The Kier molecular flexibility index (Phi) is 3.80. The monoisotopic (exact) mass is 317 g/mol. The van der Waals surface area contributed by atoms with Crippen molar-refractivity contribution in [1.82, 2.24) is 0 Å². The molecular formula is C18H17F2NO2. The van der Waals surface area contributed by atoms with Gasteiger partial charge in [0.15, 0.2) is 11.6 Å². The number of fused-ring (bicyclic) bond motifs is 1. The summed E-state index contributed by atoms with van der Waals surface area (Å²) in [5.74, 6) is -2.30. The first-order chi connectivity index (χ1) is 11.0. The van der Waals surface area contributed by atoms with E-state index in [0.29, 0.717) is 17.5 Å². The number of benzene rings is 2. The molecule has 2 aromatic carbocycles. The first-order valence-electron chi connectivity index (χ1n) is 7.60. The number of carbonyl (C=O) groups is 1. The minimum atomic E-state index is -1.06. The van der Waals surface area contributed by atoms with Crippen LogP contribution in [0, 0.1) is 11.6 Å². The van der Waals surface area contributed by atoms with Crippen LogP contribution in [0.4, 0.5) is 14.5 Å². The van der Waals surface area contributed by atoms with Crippen LogP contribution in [0.2, 0.25) is 0 Å². The zero-order valence-electron chi connectivity index (χ0n) is 12.7. The Bertz CT molecular complexity index is 758. The number of aromatic hydroxyl groups is 1. The number of rotatable bonds is 4. The summed E-state index contributed by atoms with van der Waals surface area (Å²) in [5.41, 5.74) is -0.0427. The third-order valence-electron chi connectivity index (χ3n) is 4.45. The lowest BCUT2D eigenvalue weighted by atomic mass is 9.72. The van der Waals surface area contributed by atoms with Crippen LogP contribution in [-0.2, 0) is 10.2 Å². The van der Waals surface area contributed by atoms with Crippen LogP contribution >= 0.6 is 0 Å². The fraction of sp³-hybridized carbons (Fsp3) is 0.278. The maximum absolute atomic E-state index is 14.1. The van der Waals surface area contributed by atoms with Crippen LogP contribution < -0.4 is 5.32 Å². The maximum Gasteiger partial charge on any atom is 0.239 e. The summed E-state index contributed by atoms with van der Waals surface area (Å²) in [4.78, 5) is 12.7. The molecule has 120 valence electrons. The quantitative estimate of drug-likeness (QED) is 0.892. The van der Waals surface area contributed by atoms with Gasteiger partial charge in [-0.25, -0.2) is 8.78 Å². The summed E-state index contributed by atoms with van der Waals surface area (Å²) >= 11 is 0. The molecule has 2 aromatic rings. The second kappa shape index (κ2) is 5.65. The van der Waals surface area contributed by atoms with E-state index in [1.54, 1.807) is 12.1 Å². The van der Waals surface area contributed by atoms with Crippen molar-refractivity contribution >= 4 is 11.6 Å². The molecule has 0 spiro atoms. The Morgan fingerprint density at radius 1 is 1.13 bits per heavy atom. The normalized spacial score (nSPS) is 19.5. The molecule has 0 saturated carbocycles. The van der Waals surface area contributed by atoms with Gasteiger partial charge in [-0.3, -0.25) is 4.79 Å². The molecule has 1 amide bonds. The fourth-order valence-electron chi connectivity index (χ4n) is 3.24. The summed E-state index contributed by atoms with van der Waals surface area (Å²) in [5, 5.41) is 12.0. The first-order valence-corrected chi connectivity index (χ1v) is 7.60. The third kappa shape index (κ3) is 2.27. The van der Waals surface area contributed by atoms with Gasteiger partial charge in [0.1, 0.15) is 11.2 Å². The number of phenols is 1. The number of hydrogen-bond donors (Lipinski definition) is 2. The summed E-state index contributed by atoms with van der Waals surface area (Å²) < 4.78 is 27.6. The van der Waals surface area contributed by atoms with Gasteiger partial charge in [0.25, 0.3) is 0 Å². The number of hydrogen-bond acceptors (Lipinski definition) is 2. The van der Waals surface area contributed by atoms with E-state index in [4.69, 9.17) is 0 Å². The van der Waals surface area contributed by atoms with E-state index < -0.39 is 17.0 Å². The summed E-state index contributed by atoms with van der Waals surface area (Å²) in [6, 6.07) is 8.81. The predicted octanol–water partition coefficient (Wildman–Crippen LogP) is 4.10. The lowest BCUT2D eigenvalue weighted by molar-refractivity contribution is -0.119. The van der Waals surface area contributed by atoms with Crippen molar-refractivity contribution in [2.45, 2.75) is 31.6 Å². The van der Waals surface area contributed by atoms with Gasteiger partial charge in [0.05, 0.1) is 5.69 Å². The van der Waals surface area contributed by atoms with Crippen LogP contribution in [0.25, 0.3) is 0 Å². The van der Waals surface area contributed by atoms with Crippen molar-refractivity contribution in [2.75, 3.05) is 5.32 Å². The van der Waals surface area contributed by atoms with Crippen LogP contribution in [0.3, 0.4) is 0 Å². The van der Waals surface area contributed by atoms with E-state index in [2.05, 4.69) is 5.32 Å². The first kappa shape index (κ1) is 15.5. The predicted molar refractivity (Wildman–Crippen MR) is 83.4 cm³/mol. The molecule has 2 N–H and O–H groups in total. The van der Waals surface area contributed by atoms with E-state index >= 15 is 0 Å². The Morgan fingerprint density at radius 2 is 1.83 bits per heavy atom. The number of phenolic OH excluding ortho intramolecular Hbond substituents is 1. The molecule has 3 rings (SSSR count). The topological polar surface area (TPSA) is 49.3 Å². The maximum atomic E-state index is 14.1. The van der Waals surface area contributed by atoms with Crippen molar-refractivity contribution in [2.24, 2.45) is 0 Å². The van der Waals surface area contributed by atoms with Crippen molar-refractivity contribution in [3.05, 3.63) is 59.2 Å². The largest absolute Gasteiger partial charge is 0.508 e. The molecule has 1 aliphatic rings. The highest BCUT2D eigenvalue weighted by Gasteiger charge is 2.49. The molecule has 0 saturated heterocycles. The van der Waals surface area contributed by atoms with Gasteiger partial charge in [0.2, 0.25) is 5.91 Å². The second-order valence-corrected chi connectivity index (χ2v) is 5.79. The Hall–Kier alpha value is -2.43. The molecule has 1 aliphatic heterocycles. The minimum Gasteiger partial charge on any atom is -0.508 e. The number of halogens is 2. The highest BCUT2D eigenvalue weighted by Crippen LogP contribution is 2.47. The molecule has 0 bridgehead atoms. The van der Waals surface area contributed by atoms with Gasteiger partial charge in [-0.2, -0.15) is 0 Å². The second-order valence-electron chi connectivity index (χ2n) is 5.79. The lowest BCUT2D eigenvalue weighted by Crippen LogP contribution is -2.35. The molecule has 1 heterocycles. The van der Waals surface area contributed by atoms with Gasteiger partial charge < -0.3 is 10.4 Å². The van der Waals surface area contributed by atoms with Crippen molar-refractivity contribution < 1.29 is 18.7 Å². The van der Waals surface area contributed by atoms with Crippen molar-refractivity contribution in [1.29, 1.82) is 0 Å². The van der Waals surface area contributed by atoms with Gasteiger partial charge in [0, 0.05) is 0 Å². The summed E-state index contributed by atoms with van der Waals surface area (Å²) in [6.07, 6.45) is 2.11. The number of nitrogens with one attached hydrogen (secondary N) is 1. The van der Waals surface area contributed by atoms with Crippen LogP contribution in [0.5, 0.6) is 5.75 Å². The molecule has 0 aromatic heterocycles. The van der Waals surface area contributed by atoms with Gasteiger partial charge >= 0.3 is 0 Å². The van der Waals surface area contributed by atoms with Crippen LogP contribution in [-0.4, -0.2) is 11.0 Å². The molecule has 1 atom stereocenters. The Morgan fingerprint density at radius 3 is 2.48 bits per heavy atom. The van der Waals surface area contributed by atoms with E-state index in [0.717, 1.165) is 18.9 Å².